The molecule has 1 N–H and O–H groups in total. The first-order valence-corrected chi connectivity index (χ1v) is 6.01. The van der Waals surface area contributed by atoms with Crippen molar-refractivity contribution in [3.05, 3.63) is 0 Å². The Morgan fingerprint density at radius 2 is 1.82 bits per heavy atom. The van der Waals surface area contributed by atoms with Crippen molar-refractivity contribution >= 4 is 6.09 Å². The molecule has 1 amide bonds. The molecule has 0 heterocycles. The quantitative estimate of drug-likeness (QED) is 0.750. The van der Waals surface area contributed by atoms with Gasteiger partial charge in [-0.3, -0.25) is 0 Å². The van der Waals surface area contributed by atoms with Crippen LogP contribution in [0.25, 0.3) is 0 Å². The molecular formula is C13H30N2O2. The monoisotopic (exact) mass is 246 g/mol. The first-order chi connectivity index (χ1) is 7.41. The predicted molar refractivity (Wildman–Crippen MR) is 73.3 cm³/mol. The van der Waals surface area contributed by atoms with Crippen LogP contribution in [0.4, 0.5) is 4.79 Å². The van der Waals surface area contributed by atoms with E-state index < -0.39 is 0 Å². The fraction of sp³-hybridized carbons (Fsp3) is 0.923. The van der Waals surface area contributed by atoms with Gasteiger partial charge in [-0.15, -0.1) is 0 Å². The van der Waals surface area contributed by atoms with Crippen LogP contribution in [0, 0.1) is 11.8 Å². The highest BCUT2D eigenvalue weighted by atomic mass is 16.5. The third-order valence-electron chi connectivity index (χ3n) is 2.04. The largest absolute Gasteiger partial charge is 0.448 e. The maximum absolute atomic E-state index is 11.2. The molecule has 0 spiro atoms. The lowest BCUT2D eigenvalue weighted by Gasteiger charge is -2.18. The summed E-state index contributed by atoms with van der Waals surface area (Å²) < 4.78 is 5.05. The Hall–Kier alpha value is -0.770. The number of carbonyl (C=O) groups excluding carboxylic acids is 1. The molecule has 0 aromatic carbocycles. The van der Waals surface area contributed by atoms with Crippen LogP contribution in [-0.4, -0.2) is 44.3 Å². The zero-order valence-electron chi connectivity index (χ0n) is 11.2. The average Bonchev–Trinajstić information content (AvgIpc) is 2.13. The van der Waals surface area contributed by atoms with E-state index in [0.29, 0.717) is 25.0 Å². The summed E-state index contributed by atoms with van der Waals surface area (Å²) >= 11 is 0. The molecule has 0 rings (SSSR count). The zero-order chi connectivity index (χ0) is 12.6. The average molecular weight is 246 g/mol. The number of nitrogens with zero attached hydrogens (tertiary/aromatic N) is 1. The van der Waals surface area contributed by atoms with E-state index in [9.17, 15) is 4.79 Å². The van der Waals surface area contributed by atoms with Crippen LogP contribution in [0.3, 0.4) is 0 Å². The van der Waals surface area contributed by atoms with E-state index >= 15 is 0 Å². The van der Waals surface area contributed by atoms with Crippen LogP contribution in [0.1, 0.15) is 35.1 Å². The van der Waals surface area contributed by atoms with E-state index in [-0.39, 0.29) is 13.5 Å². The minimum Gasteiger partial charge on any atom is -0.448 e. The van der Waals surface area contributed by atoms with Crippen molar-refractivity contribution in [1.29, 1.82) is 0 Å². The molecule has 0 saturated carbocycles. The van der Waals surface area contributed by atoms with Gasteiger partial charge < -0.3 is 15.0 Å². The van der Waals surface area contributed by atoms with Crippen molar-refractivity contribution in [3.8, 4) is 0 Å². The smallest absolute Gasteiger partial charge is 0.407 e. The van der Waals surface area contributed by atoms with Crippen molar-refractivity contribution in [2.45, 2.75) is 35.1 Å². The van der Waals surface area contributed by atoms with Gasteiger partial charge in [0.2, 0.25) is 0 Å². The predicted octanol–water partition coefficient (Wildman–Crippen LogP) is 2.59. The molecule has 0 unspecified atom stereocenters. The number of hydrogen-bond acceptors (Lipinski definition) is 3. The third kappa shape index (κ3) is 13.2. The highest BCUT2D eigenvalue weighted by molar-refractivity contribution is 5.67. The molecule has 0 radical (unpaired) electrons. The lowest BCUT2D eigenvalue weighted by Crippen LogP contribution is -2.32. The molecular weight excluding hydrogens is 216 g/mol. The van der Waals surface area contributed by atoms with Crippen LogP contribution in [0.15, 0.2) is 0 Å². The fourth-order valence-corrected chi connectivity index (χ4v) is 1.35. The second-order valence-electron chi connectivity index (χ2n) is 5.07. The molecule has 4 nitrogen and oxygen atoms in total. The van der Waals surface area contributed by atoms with Gasteiger partial charge in [-0.1, -0.05) is 35.1 Å². The van der Waals surface area contributed by atoms with Gasteiger partial charge >= 0.3 is 6.09 Å². The van der Waals surface area contributed by atoms with Crippen LogP contribution in [0.2, 0.25) is 0 Å². The van der Waals surface area contributed by atoms with Gasteiger partial charge in [0.1, 0.15) is 6.61 Å². The molecule has 17 heavy (non-hydrogen) atoms. The van der Waals surface area contributed by atoms with Gasteiger partial charge in [0.25, 0.3) is 0 Å². The summed E-state index contributed by atoms with van der Waals surface area (Å²) in [4.78, 5) is 13.4. The second-order valence-corrected chi connectivity index (χ2v) is 5.07. The van der Waals surface area contributed by atoms with Gasteiger partial charge in [0.05, 0.1) is 0 Å². The number of amides is 1. The van der Waals surface area contributed by atoms with Gasteiger partial charge in [-0.25, -0.2) is 4.79 Å². The van der Waals surface area contributed by atoms with Crippen LogP contribution in [0.5, 0.6) is 0 Å². The number of ether oxygens (including phenoxy) is 1. The summed E-state index contributed by atoms with van der Waals surface area (Å²) in [5.74, 6) is 1.09. The zero-order valence-corrected chi connectivity index (χ0v) is 11.2. The van der Waals surface area contributed by atoms with E-state index in [4.69, 9.17) is 4.74 Å². The van der Waals surface area contributed by atoms with Crippen LogP contribution < -0.4 is 5.32 Å². The summed E-state index contributed by atoms with van der Waals surface area (Å²) in [6, 6.07) is 0. The van der Waals surface area contributed by atoms with Crippen LogP contribution in [-0.2, 0) is 4.74 Å². The Bertz CT molecular complexity index is 194. The molecule has 0 atom stereocenters. The molecule has 0 aromatic heterocycles. The van der Waals surface area contributed by atoms with E-state index in [1.807, 2.05) is 7.05 Å². The van der Waals surface area contributed by atoms with Gasteiger partial charge in [0.15, 0.2) is 0 Å². The Morgan fingerprint density at radius 1 is 1.24 bits per heavy atom. The summed E-state index contributed by atoms with van der Waals surface area (Å²) in [7, 11) is 2.04. The molecule has 0 aromatic rings. The first kappa shape index (κ1) is 18.6. The summed E-state index contributed by atoms with van der Waals surface area (Å²) in [6.45, 7) is 11.4. The third-order valence-corrected chi connectivity index (χ3v) is 2.04. The summed E-state index contributed by atoms with van der Waals surface area (Å²) in [5, 5.41) is 2.72. The number of hydrogen-bond donors (Lipinski definition) is 1. The van der Waals surface area contributed by atoms with Crippen molar-refractivity contribution < 1.29 is 9.53 Å². The van der Waals surface area contributed by atoms with Crippen LogP contribution >= 0.6 is 0 Å². The van der Waals surface area contributed by atoms with Crippen molar-refractivity contribution in [1.82, 2.24) is 10.2 Å². The lowest BCUT2D eigenvalue weighted by molar-refractivity contribution is 0.129. The topological polar surface area (TPSA) is 41.6 Å². The minimum atomic E-state index is -0.313. The van der Waals surface area contributed by atoms with Crippen molar-refractivity contribution in [2.75, 3.05) is 33.3 Å². The highest BCUT2D eigenvalue weighted by Gasteiger charge is 2.05. The van der Waals surface area contributed by atoms with Crippen molar-refractivity contribution in [2.24, 2.45) is 11.8 Å². The first-order valence-electron chi connectivity index (χ1n) is 6.01. The Kier molecular flexibility index (Phi) is 11.4. The molecule has 0 bridgehead atoms. The number of carbonyl (C=O) groups is 1. The molecule has 0 aliphatic carbocycles. The minimum absolute atomic E-state index is 0. The van der Waals surface area contributed by atoms with Gasteiger partial charge in [0, 0.05) is 19.6 Å². The summed E-state index contributed by atoms with van der Waals surface area (Å²) in [6.07, 6.45) is -0.313. The van der Waals surface area contributed by atoms with Gasteiger partial charge in [-0.05, 0) is 18.9 Å². The van der Waals surface area contributed by atoms with E-state index in [1.54, 1.807) is 0 Å². The summed E-state index contributed by atoms with van der Waals surface area (Å²) in [5.41, 5.74) is 0. The lowest BCUT2D eigenvalue weighted by atomic mass is 10.2. The van der Waals surface area contributed by atoms with Gasteiger partial charge in [-0.2, -0.15) is 0 Å². The molecule has 0 aliphatic heterocycles. The highest BCUT2D eigenvalue weighted by Crippen LogP contribution is 1.95. The normalized spacial score (nSPS) is 10.6. The fourth-order valence-electron chi connectivity index (χ4n) is 1.35. The SMILES string of the molecule is C.CC(C)CNC(=O)OCCN(C)CC(C)C. The van der Waals surface area contributed by atoms with E-state index in [0.717, 1.165) is 13.1 Å². The van der Waals surface area contributed by atoms with E-state index in [1.165, 1.54) is 0 Å². The second kappa shape index (κ2) is 10.4. The Morgan fingerprint density at radius 3 is 2.29 bits per heavy atom. The maximum Gasteiger partial charge on any atom is 0.407 e. The maximum atomic E-state index is 11.2. The number of nitrogens with one attached hydrogen (secondary N) is 1. The molecule has 0 aliphatic rings. The molecule has 0 fully saturated rings. The number of likely N-dealkylation sites (N-methyl/N-ethyl adjacent to an activating group) is 1. The Balaban J connectivity index is 0. The van der Waals surface area contributed by atoms with Crippen molar-refractivity contribution in [3.63, 3.8) is 0 Å². The molecule has 0 saturated heterocycles. The Labute approximate surface area is 107 Å². The van der Waals surface area contributed by atoms with E-state index in [2.05, 4.69) is 37.9 Å². The molecule has 104 valence electrons. The number of rotatable bonds is 7. The number of alkyl carbamates (subject to hydrolysis) is 1. The molecule has 4 heteroatoms. The standard InChI is InChI=1S/C12H26N2O2.CH4/c1-10(2)8-13-12(15)16-7-6-14(5)9-11(3)4;/h10-11H,6-9H2,1-5H3,(H,13,15);1H4.